The van der Waals surface area contributed by atoms with Gasteiger partial charge in [0.2, 0.25) is 10.0 Å². The Kier molecular flexibility index (Phi) is 7.82. The van der Waals surface area contributed by atoms with Gasteiger partial charge in [-0.3, -0.25) is 0 Å². The van der Waals surface area contributed by atoms with Crippen LogP contribution in [0.4, 0.5) is 0 Å². The number of hydrogen-bond donors (Lipinski definition) is 1. The number of para-hydroxylation sites is 1. The molecule has 0 aliphatic rings. The Morgan fingerprint density at radius 2 is 1.87 bits per heavy atom. The van der Waals surface area contributed by atoms with Gasteiger partial charge in [0.15, 0.2) is 0 Å². The first-order valence-electron chi connectivity index (χ1n) is 10.4. The third-order valence-corrected chi connectivity index (χ3v) is 7.57. The number of nitrogens with one attached hydrogen (secondary N) is 1. The van der Waals surface area contributed by atoms with E-state index in [0.717, 1.165) is 43.0 Å². The van der Waals surface area contributed by atoms with Gasteiger partial charge in [-0.2, -0.15) is 5.10 Å². The summed E-state index contributed by atoms with van der Waals surface area (Å²) in [5.74, 6) is 0. The summed E-state index contributed by atoms with van der Waals surface area (Å²) in [4.78, 5) is 3.39. The lowest BCUT2D eigenvalue weighted by atomic mass is 10.2. The van der Waals surface area contributed by atoms with Gasteiger partial charge in [-0.1, -0.05) is 38.1 Å². The summed E-state index contributed by atoms with van der Waals surface area (Å²) in [5.41, 5.74) is 1.31. The Morgan fingerprint density at radius 1 is 1.13 bits per heavy atom. The standard InChI is InChI=1S/C22H30N4O2S2/c1-4-25(5-2)15-9-11-18(3)24-30(27,28)21-17-26(19-12-7-6-8-13-19)23-22(21)20-14-10-16-29-20/h6-8,10,12-14,16-18,24H,4-5,9,11,15H2,1-3H3. The molecule has 1 unspecified atom stereocenters. The third kappa shape index (κ3) is 5.57. The van der Waals surface area contributed by atoms with Gasteiger partial charge in [0.25, 0.3) is 0 Å². The highest BCUT2D eigenvalue weighted by Crippen LogP contribution is 2.30. The van der Waals surface area contributed by atoms with E-state index in [1.54, 1.807) is 10.9 Å². The summed E-state index contributed by atoms with van der Waals surface area (Å²) < 4.78 is 31.0. The van der Waals surface area contributed by atoms with E-state index in [9.17, 15) is 8.42 Å². The second-order valence-electron chi connectivity index (χ2n) is 7.29. The molecule has 0 radical (unpaired) electrons. The normalized spacial score (nSPS) is 13.1. The fourth-order valence-corrected chi connectivity index (χ4v) is 5.61. The van der Waals surface area contributed by atoms with Crippen LogP contribution in [0, 0.1) is 0 Å². The minimum absolute atomic E-state index is 0.151. The number of nitrogens with zero attached hydrogens (tertiary/aromatic N) is 3. The smallest absolute Gasteiger partial charge is 0.244 e. The molecular formula is C22H30N4O2S2. The molecule has 1 atom stereocenters. The average Bonchev–Trinajstić information content (AvgIpc) is 3.41. The summed E-state index contributed by atoms with van der Waals surface area (Å²) in [6.45, 7) is 9.22. The molecule has 3 aromatic rings. The van der Waals surface area contributed by atoms with E-state index in [-0.39, 0.29) is 10.9 Å². The molecule has 2 aromatic heterocycles. The second kappa shape index (κ2) is 10.3. The van der Waals surface area contributed by atoms with Crippen molar-refractivity contribution >= 4 is 21.4 Å². The minimum Gasteiger partial charge on any atom is -0.304 e. The fourth-order valence-electron chi connectivity index (χ4n) is 3.40. The maximum Gasteiger partial charge on any atom is 0.244 e. The van der Waals surface area contributed by atoms with E-state index in [1.807, 2.05) is 54.8 Å². The monoisotopic (exact) mass is 446 g/mol. The van der Waals surface area contributed by atoms with Crippen LogP contribution < -0.4 is 4.72 Å². The number of sulfonamides is 1. The van der Waals surface area contributed by atoms with Crippen molar-refractivity contribution in [3.63, 3.8) is 0 Å². The number of aromatic nitrogens is 2. The lowest BCUT2D eigenvalue weighted by Crippen LogP contribution is -2.33. The first-order chi connectivity index (χ1) is 14.4. The Labute approximate surface area is 183 Å². The highest BCUT2D eigenvalue weighted by molar-refractivity contribution is 7.89. The van der Waals surface area contributed by atoms with E-state index in [4.69, 9.17) is 0 Å². The van der Waals surface area contributed by atoms with Crippen molar-refractivity contribution in [3.8, 4) is 16.3 Å². The van der Waals surface area contributed by atoms with Crippen LogP contribution in [0.2, 0.25) is 0 Å². The minimum atomic E-state index is -3.71. The molecule has 30 heavy (non-hydrogen) atoms. The second-order valence-corrected chi connectivity index (χ2v) is 9.92. The lowest BCUT2D eigenvalue weighted by Gasteiger charge is -2.19. The lowest BCUT2D eigenvalue weighted by molar-refractivity contribution is 0.293. The van der Waals surface area contributed by atoms with E-state index in [2.05, 4.69) is 28.6 Å². The van der Waals surface area contributed by atoms with Crippen LogP contribution in [0.15, 0.2) is 58.9 Å². The zero-order chi connectivity index (χ0) is 21.6. The van der Waals surface area contributed by atoms with Gasteiger partial charge in [-0.15, -0.1) is 11.3 Å². The Balaban J connectivity index is 1.81. The van der Waals surface area contributed by atoms with E-state index >= 15 is 0 Å². The SMILES string of the molecule is CCN(CC)CCCC(C)NS(=O)(=O)c1cn(-c2ccccc2)nc1-c1cccs1. The molecule has 1 aromatic carbocycles. The maximum absolute atomic E-state index is 13.2. The van der Waals surface area contributed by atoms with Gasteiger partial charge >= 0.3 is 0 Å². The van der Waals surface area contributed by atoms with E-state index < -0.39 is 10.0 Å². The van der Waals surface area contributed by atoms with Crippen LogP contribution >= 0.6 is 11.3 Å². The number of thiophene rings is 1. The molecule has 0 fully saturated rings. The van der Waals surface area contributed by atoms with E-state index in [0.29, 0.717) is 5.69 Å². The molecule has 6 nitrogen and oxygen atoms in total. The van der Waals surface area contributed by atoms with Crippen LogP contribution in [0.25, 0.3) is 16.3 Å². The highest BCUT2D eigenvalue weighted by atomic mass is 32.2. The molecule has 0 amide bonds. The van der Waals surface area contributed by atoms with Crippen molar-refractivity contribution in [2.45, 2.75) is 44.6 Å². The van der Waals surface area contributed by atoms with Crippen molar-refractivity contribution in [2.24, 2.45) is 0 Å². The summed E-state index contributed by atoms with van der Waals surface area (Å²) in [5, 5.41) is 6.53. The molecule has 162 valence electrons. The molecular weight excluding hydrogens is 416 g/mol. The van der Waals surface area contributed by atoms with Crippen molar-refractivity contribution in [2.75, 3.05) is 19.6 Å². The van der Waals surface area contributed by atoms with Gasteiger partial charge in [0, 0.05) is 6.04 Å². The zero-order valence-corrected chi connectivity index (χ0v) is 19.4. The topological polar surface area (TPSA) is 67.2 Å². The molecule has 3 rings (SSSR count). The van der Waals surface area contributed by atoms with Crippen molar-refractivity contribution in [1.29, 1.82) is 0 Å². The zero-order valence-electron chi connectivity index (χ0n) is 17.8. The number of rotatable bonds is 11. The van der Waals surface area contributed by atoms with Gasteiger partial charge in [0.05, 0.1) is 16.8 Å². The first-order valence-corrected chi connectivity index (χ1v) is 12.7. The molecule has 0 spiro atoms. The predicted molar refractivity (Wildman–Crippen MR) is 124 cm³/mol. The molecule has 1 N–H and O–H groups in total. The average molecular weight is 447 g/mol. The highest BCUT2D eigenvalue weighted by Gasteiger charge is 2.26. The summed E-state index contributed by atoms with van der Waals surface area (Å²) in [6, 6.07) is 13.2. The van der Waals surface area contributed by atoms with Crippen LogP contribution in [-0.4, -0.2) is 48.8 Å². The Bertz CT molecular complexity index is 1010. The Hall–Kier alpha value is -2.00. The third-order valence-electron chi connectivity index (χ3n) is 5.11. The summed E-state index contributed by atoms with van der Waals surface area (Å²) in [6.07, 6.45) is 3.35. The molecule has 0 bridgehead atoms. The van der Waals surface area contributed by atoms with Gasteiger partial charge in [-0.05, 0) is 63.0 Å². The largest absolute Gasteiger partial charge is 0.304 e. The predicted octanol–water partition coefficient (Wildman–Crippen LogP) is 4.39. The van der Waals surface area contributed by atoms with Gasteiger partial charge < -0.3 is 4.90 Å². The van der Waals surface area contributed by atoms with Crippen molar-refractivity contribution in [3.05, 3.63) is 54.0 Å². The van der Waals surface area contributed by atoms with Gasteiger partial charge in [0.1, 0.15) is 10.6 Å². The Morgan fingerprint density at radius 3 is 2.50 bits per heavy atom. The van der Waals surface area contributed by atoms with Crippen LogP contribution in [-0.2, 0) is 10.0 Å². The van der Waals surface area contributed by atoms with Crippen LogP contribution in [0.5, 0.6) is 0 Å². The molecule has 0 aliphatic carbocycles. The summed E-state index contributed by atoms with van der Waals surface area (Å²) >= 11 is 1.48. The van der Waals surface area contributed by atoms with Crippen molar-refractivity contribution in [1.82, 2.24) is 19.4 Å². The quantitative estimate of drug-likeness (QED) is 0.474. The number of benzene rings is 1. The van der Waals surface area contributed by atoms with Gasteiger partial charge in [-0.25, -0.2) is 17.8 Å². The van der Waals surface area contributed by atoms with E-state index in [1.165, 1.54) is 11.3 Å². The first kappa shape index (κ1) is 22.7. The summed E-state index contributed by atoms with van der Waals surface area (Å²) in [7, 11) is -3.71. The molecule has 2 heterocycles. The molecule has 8 heteroatoms. The fraction of sp³-hybridized carbons (Fsp3) is 0.409. The van der Waals surface area contributed by atoms with Crippen LogP contribution in [0.1, 0.15) is 33.6 Å². The van der Waals surface area contributed by atoms with Crippen molar-refractivity contribution < 1.29 is 8.42 Å². The molecule has 0 saturated heterocycles. The number of hydrogen-bond acceptors (Lipinski definition) is 5. The molecule has 0 saturated carbocycles. The maximum atomic E-state index is 13.2. The van der Waals surface area contributed by atoms with Crippen LogP contribution in [0.3, 0.4) is 0 Å². The molecule has 0 aliphatic heterocycles.